The third-order valence-electron chi connectivity index (χ3n) is 5.83. The van der Waals surface area contributed by atoms with Crippen LogP contribution < -0.4 is 0 Å². The van der Waals surface area contributed by atoms with E-state index in [-0.39, 0.29) is 0 Å². The molecule has 1 aliphatic heterocycles. The van der Waals surface area contributed by atoms with Crippen molar-refractivity contribution in [3.63, 3.8) is 0 Å². The number of Topliss-reactive ketones (excluding diaryl/α,β-unsaturated/α-hetero) is 1. The molecule has 2 heteroatoms. The average molecular weight is 299 g/mol. The fourth-order valence-electron chi connectivity index (χ4n) is 4.77. The molecule has 1 aromatic carbocycles. The zero-order valence-electron chi connectivity index (χ0n) is 14.0. The molecule has 120 valence electrons. The summed E-state index contributed by atoms with van der Waals surface area (Å²) in [5, 5.41) is 0. The second-order valence-corrected chi connectivity index (χ2v) is 7.17. The maximum atomic E-state index is 12.8. The molecule has 4 atom stereocenters. The third-order valence-corrected chi connectivity index (χ3v) is 5.83. The van der Waals surface area contributed by atoms with Gasteiger partial charge in [-0.05, 0) is 23.8 Å². The van der Waals surface area contributed by atoms with E-state index in [2.05, 4.69) is 49.1 Å². The van der Waals surface area contributed by atoms with Crippen LogP contribution in [0.25, 0.3) is 0 Å². The fraction of sp³-hybridized carbons (Fsp3) is 0.650. The van der Waals surface area contributed by atoms with Gasteiger partial charge in [0, 0.05) is 31.5 Å². The van der Waals surface area contributed by atoms with E-state index >= 15 is 0 Å². The standard InChI is InChI=1S/C20H29NO/c1-3-5-11-17-16(4-2)18-13-21(14-19(18)20(17)22)12-15-9-7-6-8-10-15/h6-10,16-19H,3-5,11-14H2,1-2H3. The summed E-state index contributed by atoms with van der Waals surface area (Å²) in [6.45, 7) is 7.60. The van der Waals surface area contributed by atoms with Crippen molar-refractivity contribution in [3.8, 4) is 0 Å². The summed E-state index contributed by atoms with van der Waals surface area (Å²) in [6.07, 6.45) is 4.70. The molecule has 0 radical (unpaired) electrons. The van der Waals surface area contributed by atoms with Gasteiger partial charge in [0.2, 0.25) is 0 Å². The van der Waals surface area contributed by atoms with Gasteiger partial charge >= 0.3 is 0 Å². The quantitative estimate of drug-likeness (QED) is 0.786. The number of carbonyl (C=O) groups is 1. The maximum absolute atomic E-state index is 12.8. The Hall–Kier alpha value is -1.15. The molecule has 0 aromatic heterocycles. The van der Waals surface area contributed by atoms with Crippen LogP contribution >= 0.6 is 0 Å². The highest BCUT2D eigenvalue weighted by Crippen LogP contribution is 2.47. The van der Waals surface area contributed by atoms with Crippen LogP contribution in [-0.2, 0) is 11.3 Å². The molecule has 0 bridgehead atoms. The van der Waals surface area contributed by atoms with E-state index in [1.165, 1.54) is 24.8 Å². The number of unbranched alkanes of at least 4 members (excludes halogenated alkanes) is 1. The molecule has 2 aliphatic rings. The number of ketones is 1. The number of likely N-dealkylation sites (tertiary alicyclic amines) is 1. The van der Waals surface area contributed by atoms with Crippen LogP contribution in [0.3, 0.4) is 0 Å². The zero-order valence-corrected chi connectivity index (χ0v) is 14.0. The zero-order chi connectivity index (χ0) is 15.5. The summed E-state index contributed by atoms with van der Waals surface area (Å²) in [6, 6.07) is 10.7. The predicted molar refractivity (Wildman–Crippen MR) is 90.5 cm³/mol. The van der Waals surface area contributed by atoms with Gasteiger partial charge in [0.1, 0.15) is 5.78 Å². The van der Waals surface area contributed by atoms with E-state index in [4.69, 9.17) is 0 Å². The molecule has 4 unspecified atom stereocenters. The van der Waals surface area contributed by atoms with Gasteiger partial charge in [-0.2, -0.15) is 0 Å². The van der Waals surface area contributed by atoms with Gasteiger partial charge in [-0.25, -0.2) is 0 Å². The van der Waals surface area contributed by atoms with Crippen LogP contribution in [-0.4, -0.2) is 23.8 Å². The summed E-state index contributed by atoms with van der Waals surface area (Å²) in [5.74, 6) is 2.50. The molecule has 3 rings (SSSR count). The Kier molecular flexibility index (Phi) is 4.97. The van der Waals surface area contributed by atoms with Crippen molar-refractivity contribution in [3.05, 3.63) is 35.9 Å². The Morgan fingerprint density at radius 1 is 1.14 bits per heavy atom. The van der Waals surface area contributed by atoms with Crippen molar-refractivity contribution in [2.24, 2.45) is 23.7 Å². The number of fused-ring (bicyclic) bond motifs is 1. The van der Waals surface area contributed by atoms with Gasteiger partial charge in [-0.3, -0.25) is 9.69 Å². The van der Waals surface area contributed by atoms with Gasteiger partial charge in [0.15, 0.2) is 0 Å². The van der Waals surface area contributed by atoms with Crippen molar-refractivity contribution < 1.29 is 4.79 Å². The monoisotopic (exact) mass is 299 g/mol. The highest BCUT2D eigenvalue weighted by molar-refractivity contribution is 5.87. The molecule has 0 amide bonds. The van der Waals surface area contributed by atoms with E-state index in [0.717, 1.165) is 26.1 Å². The Labute approximate surface area is 134 Å². The lowest BCUT2D eigenvalue weighted by atomic mass is 9.84. The molecular formula is C20H29NO. The second kappa shape index (κ2) is 6.95. The molecule has 22 heavy (non-hydrogen) atoms. The summed E-state index contributed by atoms with van der Waals surface area (Å²) in [4.78, 5) is 15.3. The number of rotatable bonds is 6. The summed E-state index contributed by atoms with van der Waals surface area (Å²) in [5.41, 5.74) is 1.37. The van der Waals surface area contributed by atoms with E-state index in [9.17, 15) is 4.79 Å². The molecule has 1 saturated heterocycles. The number of nitrogens with zero attached hydrogens (tertiary/aromatic N) is 1. The van der Waals surface area contributed by atoms with E-state index in [1.54, 1.807) is 0 Å². The summed E-state index contributed by atoms with van der Waals surface area (Å²) in [7, 11) is 0. The molecule has 1 aliphatic carbocycles. The fourth-order valence-corrected chi connectivity index (χ4v) is 4.77. The Bertz CT molecular complexity index is 498. The topological polar surface area (TPSA) is 20.3 Å². The molecular weight excluding hydrogens is 270 g/mol. The minimum atomic E-state index is 0.315. The molecule has 0 spiro atoms. The molecule has 2 nitrogen and oxygen atoms in total. The third kappa shape index (κ3) is 2.99. The minimum absolute atomic E-state index is 0.315. The minimum Gasteiger partial charge on any atom is -0.299 e. The number of hydrogen-bond donors (Lipinski definition) is 0. The van der Waals surface area contributed by atoms with Gasteiger partial charge < -0.3 is 0 Å². The van der Waals surface area contributed by atoms with Gasteiger partial charge in [0.25, 0.3) is 0 Å². The van der Waals surface area contributed by atoms with E-state index in [1.807, 2.05) is 0 Å². The molecule has 1 heterocycles. The Balaban J connectivity index is 1.65. The van der Waals surface area contributed by atoms with Gasteiger partial charge in [0.05, 0.1) is 0 Å². The molecule has 2 fully saturated rings. The van der Waals surface area contributed by atoms with Crippen molar-refractivity contribution >= 4 is 5.78 Å². The van der Waals surface area contributed by atoms with Crippen LogP contribution in [0.15, 0.2) is 30.3 Å². The maximum Gasteiger partial charge on any atom is 0.140 e. The van der Waals surface area contributed by atoms with Crippen LogP contribution in [0.1, 0.15) is 45.1 Å². The largest absolute Gasteiger partial charge is 0.299 e. The number of carbonyl (C=O) groups excluding carboxylic acids is 1. The van der Waals surface area contributed by atoms with E-state index < -0.39 is 0 Å². The number of hydrogen-bond acceptors (Lipinski definition) is 2. The first-order valence-corrected chi connectivity index (χ1v) is 9.04. The SMILES string of the molecule is CCCCC1C(=O)C2CN(Cc3ccccc3)CC2C1CC. The van der Waals surface area contributed by atoms with Gasteiger partial charge in [-0.1, -0.05) is 63.4 Å². The van der Waals surface area contributed by atoms with Crippen molar-refractivity contribution in [2.45, 2.75) is 46.1 Å². The van der Waals surface area contributed by atoms with Crippen molar-refractivity contribution in [2.75, 3.05) is 13.1 Å². The first-order chi connectivity index (χ1) is 10.7. The number of benzene rings is 1. The molecule has 0 N–H and O–H groups in total. The smallest absolute Gasteiger partial charge is 0.140 e. The normalized spacial score (nSPS) is 31.6. The highest BCUT2D eigenvalue weighted by atomic mass is 16.1. The molecule has 1 saturated carbocycles. The highest BCUT2D eigenvalue weighted by Gasteiger charge is 2.52. The van der Waals surface area contributed by atoms with Gasteiger partial charge in [-0.15, -0.1) is 0 Å². The Morgan fingerprint density at radius 2 is 1.91 bits per heavy atom. The van der Waals surface area contributed by atoms with Crippen LogP contribution in [0.5, 0.6) is 0 Å². The van der Waals surface area contributed by atoms with Crippen LogP contribution in [0, 0.1) is 23.7 Å². The van der Waals surface area contributed by atoms with Crippen molar-refractivity contribution in [1.29, 1.82) is 0 Å². The Morgan fingerprint density at radius 3 is 2.59 bits per heavy atom. The van der Waals surface area contributed by atoms with Crippen LogP contribution in [0.4, 0.5) is 0 Å². The first kappa shape index (κ1) is 15.7. The summed E-state index contributed by atoms with van der Waals surface area (Å²) >= 11 is 0. The second-order valence-electron chi connectivity index (χ2n) is 7.17. The average Bonchev–Trinajstić information content (AvgIpc) is 3.04. The van der Waals surface area contributed by atoms with E-state index in [0.29, 0.717) is 29.5 Å². The lowest BCUT2D eigenvalue weighted by Gasteiger charge is -2.24. The van der Waals surface area contributed by atoms with Crippen molar-refractivity contribution in [1.82, 2.24) is 4.90 Å². The van der Waals surface area contributed by atoms with Crippen LogP contribution in [0.2, 0.25) is 0 Å². The predicted octanol–water partition coefficient (Wildman–Crippen LogP) is 4.15. The molecule has 1 aromatic rings. The lowest BCUT2D eigenvalue weighted by Crippen LogP contribution is -2.27. The first-order valence-electron chi connectivity index (χ1n) is 9.04. The summed E-state index contributed by atoms with van der Waals surface area (Å²) < 4.78 is 0. The lowest BCUT2D eigenvalue weighted by molar-refractivity contribution is -0.124.